The molecule has 0 radical (unpaired) electrons. The summed E-state index contributed by atoms with van der Waals surface area (Å²) in [6.45, 7) is 0.468. The largest absolute Gasteiger partial charge is 0.325 e. The summed E-state index contributed by atoms with van der Waals surface area (Å²) in [5, 5.41) is 1.03. The van der Waals surface area contributed by atoms with Crippen molar-refractivity contribution in [3.05, 3.63) is 34.7 Å². The maximum atomic E-state index is 5.49. The topological polar surface area (TPSA) is 51.8 Å². The van der Waals surface area contributed by atoms with Crippen LogP contribution in [0.1, 0.15) is 5.69 Å². The fraction of sp³-hybridized carbons (Fsp3) is 0.111. The van der Waals surface area contributed by atoms with Gasteiger partial charge in [-0.3, -0.25) is 4.98 Å². The predicted molar refractivity (Wildman–Crippen MR) is 55.1 cm³/mol. The van der Waals surface area contributed by atoms with E-state index in [2.05, 4.69) is 25.9 Å². The number of halogens is 1. The van der Waals surface area contributed by atoms with E-state index in [4.69, 9.17) is 5.73 Å². The van der Waals surface area contributed by atoms with Crippen LogP contribution in [0.5, 0.6) is 0 Å². The van der Waals surface area contributed by atoms with Crippen LogP contribution < -0.4 is 5.73 Å². The molecule has 0 aliphatic rings. The van der Waals surface area contributed by atoms with E-state index in [0.717, 1.165) is 21.2 Å². The lowest BCUT2D eigenvalue weighted by atomic mass is 10.2. The molecular formula is C9H8BrN3. The molecule has 0 amide bonds. The normalized spacial score (nSPS) is 10.6. The first-order chi connectivity index (χ1) is 6.29. The van der Waals surface area contributed by atoms with E-state index in [1.54, 1.807) is 6.20 Å². The van der Waals surface area contributed by atoms with Crippen LogP contribution in [0, 0.1) is 0 Å². The van der Waals surface area contributed by atoms with Crippen LogP contribution in [0.15, 0.2) is 29.0 Å². The van der Waals surface area contributed by atoms with Crippen molar-refractivity contribution in [1.82, 2.24) is 9.97 Å². The molecule has 0 bridgehead atoms. The lowest BCUT2D eigenvalue weighted by molar-refractivity contribution is 1.01. The highest BCUT2D eigenvalue weighted by atomic mass is 79.9. The molecule has 13 heavy (non-hydrogen) atoms. The lowest BCUT2D eigenvalue weighted by Gasteiger charge is -1.99. The fourth-order valence-corrected chi connectivity index (χ4v) is 1.47. The van der Waals surface area contributed by atoms with Gasteiger partial charge >= 0.3 is 0 Å². The molecule has 4 heteroatoms. The van der Waals surface area contributed by atoms with Gasteiger partial charge in [-0.15, -0.1) is 0 Å². The van der Waals surface area contributed by atoms with Crippen molar-refractivity contribution in [2.45, 2.75) is 6.54 Å². The molecule has 0 aromatic carbocycles. The van der Waals surface area contributed by atoms with Crippen LogP contribution in [0.4, 0.5) is 0 Å². The molecule has 0 spiro atoms. The minimum atomic E-state index is 0.468. The molecule has 66 valence electrons. The maximum Gasteiger partial charge on any atom is 0.108 e. The zero-order valence-electron chi connectivity index (χ0n) is 6.87. The van der Waals surface area contributed by atoms with Gasteiger partial charge in [-0.2, -0.15) is 0 Å². The number of aromatic nitrogens is 2. The van der Waals surface area contributed by atoms with Gasteiger partial charge in [0.1, 0.15) is 4.60 Å². The molecule has 0 atom stereocenters. The zero-order chi connectivity index (χ0) is 9.26. The molecule has 0 aliphatic heterocycles. The zero-order valence-corrected chi connectivity index (χ0v) is 8.45. The Hall–Kier alpha value is -1.00. The van der Waals surface area contributed by atoms with Gasteiger partial charge in [0.25, 0.3) is 0 Å². The average Bonchev–Trinajstić information content (AvgIpc) is 2.16. The molecule has 0 saturated heterocycles. The molecule has 0 fully saturated rings. The summed E-state index contributed by atoms with van der Waals surface area (Å²) in [6.07, 6.45) is 1.78. The van der Waals surface area contributed by atoms with Gasteiger partial charge in [0.05, 0.1) is 11.2 Å². The Labute approximate surface area is 84.1 Å². The first-order valence-electron chi connectivity index (χ1n) is 3.91. The molecular weight excluding hydrogens is 230 g/mol. The van der Waals surface area contributed by atoms with E-state index < -0.39 is 0 Å². The highest BCUT2D eigenvalue weighted by Gasteiger charge is 1.97. The Morgan fingerprint density at radius 2 is 2.23 bits per heavy atom. The summed E-state index contributed by atoms with van der Waals surface area (Å²) in [7, 11) is 0. The summed E-state index contributed by atoms with van der Waals surface area (Å²) < 4.78 is 0.793. The third-order valence-corrected chi connectivity index (χ3v) is 2.24. The number of pyridine rings is 2. The third kappa shape index (κ3) is 1.68. The van der Waals surface area contributed by atoms with Crippen molar-refractivity contribution in [1.29, 1.82) is 0 Å². The number of nitrogens with two attached hydrogens (primary N) is 1. The van der Waals surface area contributed by atoms with Gasteiger partial charge in [-0.25, -0.2) is 4.98 Å². The van der Waals surface area contributed by atoms with Crippen LogP contribution >= 0.6 is 15.9 Å². The first kappa shape index (κ1) is 8.59. The van der Waals surface area contributed by atoms with Crippen molar-refractivity contribution >= 4 is 26.8 Å². The van der Waals surface area contributed by atoms with Crippen molar-refractivity contribution in [2.75, 3.05) is 0 Å². The molecule has 0 saturated carbocycles. The van der Waals surface area contributed by atoms with Gasteiger partial charge in [0.15, 0.2) is 0 Å². The third-order valence-electron chi connectivity index (χ3n) is 1.81. The van der Waals surface area contributed by atoms with E-state index in [0.29, 0.717) is 6.54 Å². The highest BCUT2D eigenvalue weighted by molar-refractivity contribution is 9.10. The van der Waals surface area contributed by atoms with Crippen molar-refractivity contribution in [3.8, 4) is 0 Å². The van der Waals surface area contributed by atoms with Crippen LogP contribution in [0.25, 0.3) is 10.9 Å². The second-order valence-corrected chi connectivity index (χ2v) is 3.52. The van der Waals surface area contributed by atoms with Crippen molar-refractivity contribution in [3.63, 3.8) is 0 Å². The molecule has 2 rings (SSSR count). The number of nitrogens with zero attached hydrogens (tertiary/aromatic N) is 2. The Morgan fingerprint density at radius 3 is 3.00 bits per heavy atom. The monoisotopic (exact) mass is 237 g/mol. The van der Waals surface area contributed by atoms with E-state index in [1.165, 1.54) is 0 Å². The SMILES string of the molecule is NCc1ccc2cnc(Br)cc2n1. The maximum absolute atomic E-state index is 5.49. The van der Waals surface area contributed by atoms with Gasteiger partial charge < -0.3 is 5.73 Å². The Bertz CT molecular complexity index is 442. The molecule has 0 aliphatic carbocycles. The summed E-state index contributed by atoms with van der Waals surface area (Å²) in [5.41, 5.74) is 7.30. The highest BCUT2D eigenvalue weighted by Crippen LogP contribution is 2.15. The van der Waals surface area contributed by atoms with Crippen molar-refractivity contribution < 1.29 is 0 Å². The van der Waals surface area contributed by atoms with Crippen LogP contribution in [0.2, 0.25) is 0 Å². The Kier molecular flexibility index (Phi) is 2.24. The molecule has 0 unspecified atom stereocenters. The smallest absolute Gasteiger partial charge is 0.108 e. The molecule has 2 N–H and O–H groups in total. The lowest BCUT2D eigenvalue weighted by Crippen LogP contribution is -1.99. The molecule has 3 nitrogen and oxygen atoms in total. The average molecular weight is 238 g/mol. The van der Waals surface area contributed by atoms with Crippen LogP contribution in [-0.2, 0) is 6.54 Å². The standard InChI is InChI=1S/C9H8BrN3/c10-9-3-8-6(5-12-9)1-2-7(4-11)13-8/h1-3,5H,4,11H2. The van der Waals surface area contributed by atoms with Crippen LogP contribution in [0.3, 0.4) is 0 Å². The van der Waals surface area contributed by atoms with Crippen LogP contribution in [-0.4, -0.2) is 9.97 Å². The van der Waals surface area contributed by atoms with Gasteiger partial charge in [0.2, 0.25) is 0 Å². The fourth-order valence-electron chi connectivity index (χ4n) is 1.15. The van der Waals surface area contributed by atoms with Gasteiger partial charge in [0, 0.05) is 18.1 Å². The number of hydrogen-bond donors (Lipinski definition) is 1. The van der Waals surface area contributed by atoms with E-state index >= 15 is 0 Å². The molecule has 2 heterocycles. The summed E-state index contributed by atoms with van der Waals surface area (Å²) >= 11 is 3.30. The summed E-state index contributed by atoms with van der Waals surface area (Å²) in [5.74, 6) is 0. The Balaban J connectivity index is 2.68. The minimum absolute atomic E-state index is 0.468. The van der Waals surface area contributed by atoms with Gasteiger partial charge in [-0.1, -0.05) is 0 Å². The summed E-state index contributed by atoms with van der Waals surface area (Å²) in [4.78, 5) is 8.47. The Morgan fingerprint density at radius 1 is 1.38 bits per heavy atom. The quantitative estimate of drug-likeness (QED) is 0.771. The minimum Gasteiger partial charge on any atom is -0.325 e. The first-order valence-corrected chi connectivity index (χ1v) is 4.70. The molecule has 2 aromatic rings. The number of rotatable bonds is 1. The van der Waals surface area contributed by atoms with Crippen molar-refractivity contribution in [2.24, 2.45) is 5.73 Å². The second-order valence-electron chi connectivity index (χ2n) is 2.71. The number of fused-ring (bicyclic) bond motifs is 1. The van der Waals surface area contributed by atoms with E-state index in [9.17, 15) is 0 Å². The number of hydrogen-bond acceptors (Lipinski definition) is 3. The van der Waals surface area contributed by atoms with E-state index in [1.807, 2.05) is 18.2 Å². The predicted octanol–water partition coefficient (Wildman–Crippen LogP) is 1.85. The van der Waals surface area contributed by atoms with Gasteiger partial charge in [-0.05, 0) is 34.1 Å². The van der Waals surface area contributed by atoms with E-state index in [-0.39, 0.29) is 0 Å². The summed E-state index contributed by atoms with van der Waals surface area (Å²) in [6, 6.07) is 5.77. The molecule has 2 aromatic heterocycles. The second kappa shape index (κ2) is 3.40.